The van der Waals surface area contributed by atoms with E-state index in [0.717, 1.165) is 33.8 Å². The number of benzene rings is 3. The van der Waals surface area contributed by atoms with Crippen molar-refractivity contribution in [1.29, 1.82) is 0 Å². The molecule has 1 saturated heterocycles. The molecule has 4 aromatic rings. The Bertz CT molecular complexity index is 1440. The summed E-state index contributed by atoms with van der Waals surface area (Å²) >= 11 is 0. The monoisotopic (exact) mass is 489 g/mol. The maximum absolute atomic E-state index is 13.7. The molecule has 0 saturated carbocycles. The summed E-state index contributed by atoms with van der Waals surface area (Å²) in [6.07, 6.45) is -4.39. The fourth-order valence-electron chi connectivity index (χ4n) is 4.62. The Morgan fingerprint density at radius 1 is 0.833 bits per heavy atom. The zero-order valence-electron chi connectivity index (χ0n) is 20.1. The Kier molecular flexibility index (Phi) is 6.16. The molecule has 1 aromatic heterocycles. The quantitative estimate of drug-likeness (QED) is 0.330. The summed E-state index contributed by atoms with van der Waals surface area (Å²) in [5, 5.41) is 0.787. The lowest BCUT2D eigenvalue weighted by Gasteiger charge is -2.36. The van der Waals surface area contributed by atoms with E-state index in [1.54, 1.807) is 11.0 Å². The van der Waals surface area contributed by atoms with E-state index in [0.29, 0.717) is 37.4 Å². The highest BCUT2D eigenvalue weighted by atomic mass is 19.4. The number of nitrogens with zero attached hydrogens (tertiary/aromatic N) is 3. The van der Waals surface area contributed by atoms with Crippen LogP contribution in [-0.4, -0.2) is 42.0 Å². The van der Waals surface area contributed by atoms with E-state index in [-0.39, 0.29) is 5.91 Å². The van der Waals surface area contributed by atoms with Crippen LogP contribution in [0.3, 0.4) is 0 Å². The van der Waals surface area contributed by atoms with Gasteiger partial charge in [0.15, 0.2) is 0 Å². The van der Waals surface area contributed by atoms with Crippen LogP contribution in [0.15, 0.2) is 72.8 Å². The number of hydrogen-bond donors (Lipinski definition) is 0. The lowest BCUT2D eigenvalue weighted by atomic mass is 10.00. The van der Waals surface area contributed by atoms with Gasteiger partial charge in [-0.3, -0.25) is 4.79 Å². The van der Waals surface area contributed by atoms with Crippen molar-refractivity contribution in [3.05, 3.63) is 95.1 Å². The largest absolute Gasteiger partial charge is 0.416 e. The zero-order valence-corrected chi connectivity index (χ0v) is 20.1. The predicted molar refractivity (Wildman–Crippen MR) is 136 cm³/mol. The van der Waals surface area contributed by atoms with Gasteiger partial charge in [-0.1, -0.05) is 36.4 Å². The summed E-state index contributed by atoms with van der Waals surface area (Å²) in [5.41, 5.74) is 5.22. The molecule has 0 unspecified atom stereocenters. The Balaban J connectivity index is 1.41. The molecule has 0 spiro atoms. The average Bonchev–Trinajstić information content (AvgIpc) is 2.89. The molecule has 0 N–H and O–H groups in total. The first-order chi connectivity index (χ1) is 17.2. The second-order valence-corrected chi connectivity index (χ2v) is 9.20. The number of halogens is 3. The average molecular weight is 490 g/mol. The van der Waals surface area contributed by atoms with Crippen molar-refractivity contribution < 1.29 is 18.0 Å². The number of carbonyl (C=O) groups is 1. The summed E-state index contributed by atoms with van der Waals surface area (Å²) in [4.78, 5) is 22.2. The van der Waals surface area contributed by atoms with Gasteiger partial charge in [-0.15, -0.1) is 0 Å². The fourth-order valence-corrected chi connectivity index (χ4v) is 4.62. The molecule has 1 aliphatic rings. The van der Waals surface area contributed by atoms with Gasteiger partial charge in [0.25, 0.3) is 5.91 Å². The third-order valence-electron chi connectivity index (χ3n) is 6.85. The van der Waals surface area contributed by atoms with Crippen LogP contribution in [0.5, 0.6) is 0 Å². The maximum Gasteiger partial charge on any atom is 0.416 e. The molecule has 0 radical (unpaired) electrons. The predicted octanol–water partition coefficient (Wildman–Crippen LogP) is 6.50. The van der Waals surface area contributed by atoms with E-state index >= 15 is 0 Å². The van der Waals surface area contributed by atoms with Crippen LogP contribution in [0, 0.1) is 13.8 Å². The molecule has 3 aromatic carbocycles. The van der Waals surface area contributed by atoms with Crippen LogP contribution in [0.1, 0.15) is 27.0 Å². The number of anilines is 1. The van der Waals surface area contributed by atoms with Crippen molar-refractivity contribution in [2.75, 3.05) is 31.1 Å². The van der Waals surface area contributed by atoms with Gasteiger partial charge in [-0.2, -0.15) is 13.2 Å². The Morgan fingerprint density at radius 2 is 1.58 bits per heavy atom. The summed E-state index contributed by atoms with van der Waals surface area (Å²) < 4.78 is 39.4. The summed E-state index contributed by atoms with van der Waals surface area (Å²) in [6.45, 7) is 5.87. The van der Waals surface area contributed by atoms with Gasteiger partial charge in [0.05, 0.1) is 22.3 Å². The molecular weight excluding hydrogens is 463 g/mol. The first-order valence-corrected chi connectivity index (χ1v) is 11.9. The normalized spacial score (nSPS) is 14.4. The number of carbonyl (C=O) groups excluding carboxylic acids is 1. The van der Waals surface area contributed by atoms with Gasteiger partial charge in [-0.25, -0.2) is 4.98 Å². The number of rotatable bonds is 3. The Hall–Kier alpha value is -3.87. The van der Waals surface area contributed by atoms with Gasteiger partial charge < -0.3 is 9.80 Å². The zero-order chi connectivity index (χ0) is 25.4. The number of piperazine rings is 1. The van der Waals surface area contributed by atoms with Crippen molar-refractivity contribution in [3.63, 3.8) is 0 Å². The van der Waals surface area contributed by atoms with E-state index in [2.05, 4.69) is 26.0 Å². The standard InChI is InChI=1S/C29H26F3N3O/c1-19-10-11-21(16-20(19)2)27-18-25(24-8-3-4-9-26(24)33-27)28(36)35-14-12-34(13-15-35)23-7-5-6-22(17-23)29(30,31)32/h3-11,16-18H,12-15H2,1-2H3. The highest BCUT2D eigenvalue weighted by Gasteiger charge is 2.31. The molecular formula is C29H26F3N3O. The number of aryl methyl sites for hydroxylation is 2. The lowest BCUT2D eigenvalue weighted by Crippen LogP contribution is -2.48. The van der Waals surface area contributed by atoms with Gasteiger partial charge in [0, 0.05) is 42.8 Å². The number of para-hydroxylation sites is 1. The Labute approximate surface area is 208 Å². The second kappa shape index (κ2) is 9.30. The van der Waals surface area contributed by atoms with Crippen LogP contribution in [0.25, 0.3) is 22.2 Å². The van der Waals surface area contributed by atoms with Crippen LogP contribution in [-0.2, 0) is 6.18 Å². The van der Waals surface area contributed by atoms with E-state index in [9.17, 15) is 18.0 Å². The van der Waals surface area contributed by atoms with Crippen LogP contribution >= 0.6 is 0 Å². The summed E-state index contributed by atoms with van der Waals surface area (Å²) in [7, 11) is 0. The number of aromatic nitrogens is 1. The molecule has 184 valence electrons. The van der Waals surface area contributed by atoms with E-state index in [4.69, 9.17) is 4.98 Å². The van der Waals surface area contributed by atoms with E-state index < -0.39 is 11.7 Å². The van der Waals surface area contributed by atoms with Gasteiger partial charge in [-0.05, 0) is 61.4 Å². The first-order valence-electron chi connectivity index (χ1n) is 11.9. The molecule has 4 nitrogen and oxygen atoms in total. The van der Waals surface area contributed by atoms with Gasteiger partial charge in [0.2, 0.25) is 0 Å². The van der Waals surface area contributed by atoms with Gasteiger partial charge >= 0.3 is 6.18 Å². The topological polar surface area (TPSA) is 36.4 Å². The second-order valence-electron chi connectivity index (χ2n) is 9.20. The maximum atomic E-state index is 13.7. The highest BCUT2D eigenvalue weighted by molar-refractivity contribution is 6.07. The third-order valence-corrected chi connectivity index (χ3v) is 6.85. The van der Waals surface area contributed by atoms with Crippen LogP contribution in [0.4, 0.5) is 18.9 Å². The molecule has 0 bridgehead atoms. The number of hydrogen-bond acceptors (Lipinski definition) is 3. The SMILES string of the molecule is Cc1ccc(-c2cc(C(=O)N3CCN(c4cccc(C(F)(F)F)c4)CC3)c3ccccc3n2)cc1C. The minimum absolute atomic E-state index is 0.0950. The third kappa shape index (κ3) is 4.65. The highest BCUT2D eigenvalue weighted by Crippen LogP contribution is 2.32. The summed E-state index contributed by atoms with van der Waals surface area (Å²) in [5.74, 6) is -0.0950. The molecule has 7 heteroatoms. The minimum atomic E-state index is -4.39. The molecule has 2 heterocycles. The molecule has 0 aliphatic carbocycles. The molecule has 1 fully saturated rings. The fraction of sp³-hybridized carbons (Fsp3) is 0.241. The smallest absolute Gasteiger partial charge is 0.368 e. The molecule has 5 rings (SSSR count). The number of amides is 1. The van der Waals surface area contributed by atoms with Crippen LogP contribution < -0.4 is 4.90 Å². The van der Waals surface area contributed by atoms with E-state index in [1.165, 1.54) is 17.7 Å². The number of pyridine rings is 1. The molecule has 0 atom stereocenters. The van der Waals surface area contributed by atoms with Crippen molar-refractivity contribution in [3.8, 4) is 11.3 Å². The Morgan fingerprint density at radius 3 is 2.31 bits per heavy atom. The minimum Gasteiger partial charge on any atom is -0.368 e. The molecule has 36 heavy (non-hydrogen) atoms. The van der Waals surface area contributed by atoms with Crippen molar-refractivity contribution in [1.82, 2.24) is 9.88 Å². The number of alkyl halides is 3. The first kappa shape index (κ1) is 23.9. The number of fused-ring (bicyclic) bond motifs is 1. The van der Waals surface area contributed by atoms with E-state index in [1.807, 2.05) is 41.3 Å². The van der Waals surface area contributed by atoms with Gasteiger partial charge in [0.1, 0.15) is 0 Å². The van der Waals surface area contributed by atoms with Crippen LogP contribution in [0.2, 0.25) is 0 Å². The molecule has 1 amide bonds. The lowest BCUT2D eigenvalue weighted by molar-refractivity contribution is -0.137. The summed E-state index contributed by atoms with van der Waals surface area (Å²) in [6, 6.07) is 20.9. The van der Waals surface area contributed by atoms with Crippen molar-refractivity contribution >= 4 is 22.5 Å². The van der Waals surface area contributed by atoms with Crippen molar-refractivity contribution in [2.45, 2.75) is 20.0 Å². The van der Waals surface area contributed by atoms with Crippen molar-refractivity contribution in [2.24, 2.45) is 0 Å². The molecule has 1 aliphatic heterocycles.